The minimum Gasteiger partial charge on any atom is -0.351 e. The lowest BCUT2D eigenvalue weighted by molar-refractivity contribution is -0.121. The average molecular weight is 415 g/mol. The van der Waals surface area contributed by atoms with E-state index in [-0.39, 0.29) is 24.0 Å². The van der Waals surface area contributed by atoms with E-state index in [1.54, 1.807) is 0 Å². The first-order chi connectivity index (χ1) is 15.1. The lowest BCUT2D eigenvalue weighted by Gasteiger charge is -2.23. The van der Waals surface area contributed by atoms with Gasteiger partial charge in [-0.15, -0.1) is 0 Å². The van der Waals surface area contributed by atoms with Crippen molar-refractivity contribution in [2.45, 2.75) is 51.5 Å². The molecular formula is C25H26N4O2. The fourth-order valence-corrected chi connectivity index (χ4v) is 4.72. The highest BCUT2D eigenvalue weighted by Crippen LogP contribution is 2.34. The van der Waals surface area contributed by atoms with Crippen LogP contribution >= 0.6 is 0 Å². The molecule has 0 spiro atoms. The summed E-state index contributed by atoms with van der Waals surface area (Å²) in [6, 6.07) is 9.33. The molecule has 3 heterocycles. The largest absolute Gasteiger partial charge is 0.351 e. The van der Waals surface area contributed by atoms with Crippen molar-refractivity contribution < 1.29 is 9.59 Å². The van der Waals surface area contributed by atoms with Gasteiger partial charge >= 0.3 is 0 Å². The van der Waals surface area contributed by atoms with Crippen molar-refractivity contribution in [1.82, 2.24) is 9.88 Å². The summed E-state index contributed by atoms with van der Waals surface area (Å²) in [6.07, 6.45) is 6.76. The van der Waals surface area contributed by atoms with E-state index in [1.165, 1.54) is 5.56 Å². The molecule has 1 aliphatic carbocycles. The monoisotopic (exact) mass is 414 g/mol. The van der Waals surface area contributed by atoms with Gasteiger partial charge in [-0.3, -0.25) is 24.1 Å². The SMILES string of the molecule is CCCC1=NC(CC(=O)NCC2=Nc3ccccc3C2C)C(=O)c2cc3c(n21)CC=C3. The van der Waals surface area contributed by atoms with Crippen molar-refractivity contribution >= 4 is 35.0 Å². The fraction of sp³-hybridized carbons (Fsp3) is 0.360. The number of aliphatic imine (C=N–C) groups is 2. The first kappa shape index (κ1) is 19.7. The zero-order valence-electron chi connectivity index (χ0n) is 17.9. The molecule has 2 aromatic rings. The van der Waals surface area contributed by atoms with Crippen molar-refractivity contribution in [3.63, 3.8) is 0 Å². The van der Waals surface area contributed by atoms with E-state index in [0.29, 0.717) is 12.2 Å². The Bertz CT molecular complexity index is 1170. The molecule has 1 N–H and O–H groups in total. The van der Waals surface area contributed by atoms with Gasteiger partial charge < -0.3 is 5.32 Å². The zero-order chi connectivity index (χ0) is 21.5. The topological polar surface area (TPSA) is 75.8 Å². The molecule has 0 saturated heterocycles. The smallest absolute Gasteiger partial charge is 0.222 e. The van der Waals surface area contributed by atoms with Crippen LogP contribution in [0, 0.1) is 0 Å². The van der Waals surface area contributed by atoms with E-state index in [2.05, 4.69) is 42.4 Å². The molecule has 0 bridgehead atoms. The number of hydrogen-bond acceptors (Lipinski definition) is 4. The van der Waals surface area contributed by atoms with Crippen LogP contribution in [0.2, 0.25) is 0 Å². The van der Waals surface area contributed by atoms with Gasteiger partial charge in [-0.05, 0) is 29.7 Å². The van der Waals surface area contributed by atoms with Crippen LogP contribution < -0.4 is 5.32 Å². The standard InChI is InChI=1S/C25H26N4O2/c1-3-7-23-28-19(25(31)22-12-16-8-6-11-21(16)29(22)23)13-24(30)26-14-20-15(2)17-9-4-5-10-18(17)27-20/h4-6,8-10,12,15,19H,3,7,11,13-14H2,1-2H3,(H,26,30). The fourth-order valence-electron chi connectivity index (χ4n) is 4.72. The summed E-state index contributed by atoms with van der Waals surface area (Å²) in [7, 11) is 0. The number of benzene rings is 1. The van der Waals surface area contributed by atoms with Gasteiger partial charge in [0.15, 0.2) is 0 Å². The molecule has 1 aromatic carbocycles. The summed E-state index contributed by atoms with van der Waals surface area (Å²) in [5.41, 5.74) is 5.98. The summed E-state index contributed by atoms with van der Waals surface area (Å²) in [5, 5.41) is 2.96. The summed E-state index contributed by atoms with van der Waals surface area (Å²) >= 11 is 0. The minimum atomic E-state index is -0.659. The first-order valence-electron chi connectivity index (χ1n) is 11.0. The van der Waals surface area contributed by atoms with Crippen LogP contribution in [0.25, 0.3) is 6.08 Å². The van der Waals surface area contributed by atoms with Crippen molar-refractivity contribution in [3.8, 4) is 0 Å². The number of allylic oxidation sites excluding steroid dienone is 1. The number of ketones is 1. The molecule has 5 rings (SSSR count). The minimum absolute atomic E-state index is 0.0618. The number of Topliss-reactive ketones (excluding diaryl/α,β-unsaturated/α-hetero) is 1. The quantitative estimate of drug-likeness (QED) is 0.774. The maximum Gasteiger partial charge on any atom is 0.222 e. The molecule has 2 unspecified atom stereocenters. The summed E-state index contributed by atoms with van der Waals surface area (Å²) in [6.45, 7) is 4.59. The number of amides is 1. The lowest BCUT2D eigenvalue weighted by Crippen LogP contribution is -2.38. The van der Waals surface area contributed by atoms with Gasteiger partial charge in [-0.2, -0.15) is 0 Å². The second-order valence-electron chi connectivity index (χ2n) is 8.41. The summed E-state index contributed by atoms with van der Waals surface area (Å²) in [4.78, 5) is 35.2. The van der Waals surface area contributed by atoms with Gasteiger partial charge in [0.2, 0.25) is 11.7 Å². The molecule has 2 aliphatic heterocycles. The highest BCUT2D eigenvalue weighted by Gasteiger charge is 2.34. The summed E-state index contributed by atoms with van der Waals surface area (Å²) in [5.74, 6) is 0.831. The number of hydrogen-bond donors (Lipinski definition) is 1. The highest BCUT2D eigenvalue weighted by molar-refractivity contribution is 6.09. The van der Waals surface area contributed by atoms with Crippen LogP contribution in [-0.4, -0.2) is 40.4 Å². The highest BCUT2D eigenvalue weighted by atomic mass is 16.2. The average Bonchev–Trinajstić information content (AvgIpc) is 3.44. The molecule has 2 atom stereocenters. The zero-order valence-corrected chi connectivity index (χ0v) is 17.9. The second-order valence-corrected chi connectivity index (χ2v) is 8.41. The predicted octanol–water partition coefficient (Wildman–Crippen LogP) is 4.07. The van der Waals surface area contributed by atoms with Gasteiger partial charge in [0.1, 0.15) is 11.9 Å². The predicted molar refractivity (Wildman–Crippen MR) is 123 cm³/mol. The van der Waals surface area contributed by atoms with Crippen LogP contribution in [0.1, 0.15) is 66.3 Å². The van der Waals surface area contributed by atoms with Crippen molar-refractivity contribution in [1.29, 1.82) is 0 Å². The van der Waals surface area contributed by atoms with Gasteiger partial charge in [-0.25, -0.2) is 0 Å². The van der Waals surface area contributed by atoms with Gasteiger partial charge in [0.05, 0.1) is 24.3 Å². The lowest BCUT2D eigenvalue weighted by atomic mass is 9.98. The van der Waals surface area contributed by atoms with Crippen LogP contribution in [0.3, 0.4) is 0 Å². The van der Waals surface area contributed by atoms with E-state index in [0.717, 1.165) is 47.8 Å². The Labute approximate surface area is 181 Å². The third-order valence-electron chi connectivity index (χ3n) is 6.35. The Morgan fingerprint density at radius 2 is 2.13 bits per heavy atom. The van der Waals surface area contributed by atoms with Crippen LogP contribution in [0.15, 0.2) is 46.4 Å². The number of fused-ring (bicyclic) bond motifs is 4. The third-order valence-corrected chi connectivity index (χ3v) is 6.35. The van der Waals surface area contributed by atoms with Crippen molar-refractivity contribution in [2.24, 2.45) is 9.98 Å². The molecule has 1 amide bonds. The van der Waals surface area contributed by atoms with Gasteiger partial charge in [0, 0.05) is 30.2 Å². The normalized spacial score (nSPS) is 20.8. The number of carbonyl (C=O) groups is 2. The second kappa shape index (κ2) is 7.76. The molecule has 6 nitrogen and oxygen atoms in total. The molecular weight excluding hydrogens is 388 g/mol. The van der Waals surface area contributed by atoms with Gasteiger partial charge in [-0.1, -0.05) is 44.2 Å². The van der Waals surface area contributed by atoms with E-state index >= 15 is 0 Å². The Hall–Kier alpha value is -3.28. The molecule has 0 fully saturated rings. The number of nitrogens with zero attached hydrogens (tertiary/aromatic N) is 3. The Morgan fingerprint density at radius 1 is 1.29 bits per heavy atom. The summed E-state index contributed by atoms with van der Waals surface area (Å²) < 4.78 is 2.02. The molecule has 6 heteroatoms. The van der Waals surface area contributed by atoms with E-state index in [9.17, 15) is 9.59 Å². The Kier molecular flexibility index (Phi) is 4.93. The van der Waals surface area contributed by atoms with Crippen molar-refractivity contribution in [2.75, 3.05) is 6.54 Å². The Balaban J connectivity index is 1.29. The number of para-hydroxylation sites is 1. The van der Waals surface area contributed by atoms with E-state index < -0.39 is 6.04 Å². The van der Waals surface area contributed by atoms with Crippen LogP contribution in [0.4, 0.5) is 5.69 Å². The molecule has 158 valence electrons. The molecule has 3 aliphatic rings. The van der Waals surface area contributed by atoms with Crippen molar-refractivity contribution in [3.05, 3.63) is 58.9 Å². The molecule has 31 heavy (non-hydrogen) atoms. The third kappa shape index (κ3) is 3.36. The Morgan fingerprint density at radius 3 is 2.94 bits per heavy atom. The maximum absolute atomic E-state index is 13.1. The van der Waals surface area contributed by atoms with E-state index in [1.807, 2.05) is 28.8 Å². The van der Waals surface area contributed by atoms with E-state index in [4.69, 9.17) is 4.99 Å². The molecule has 0 saturated carbocycles. The number of nitrogens with one attached hydrogen (secondary N) is 1. The number of aromatic nitrogens is 1. The maximum atomic E-state index is 13.1. The van der Waals surface area contributed by atoms with Crippen LogP contribution in [0.5, 0.6) is 0 Å². The molecule has 0 radical (unpaired) electrons. The molecule has 1 aromatic heterocycles. The van der Waals surface area contributed by atoms with Gasteiger partial charge in [0.25, 0.3) is 0 Å². The first-order valence-corrected chi connectivity index (χ1v) is 11.0. The number of rotatable bonds is 6. The van der Waals surface area contributed by atoms with Crippen LogP contribution in [-0.2, 0) is 11.2 Å². The number of carbonyl (C=O) groups excluding carboxylic acids is 2.